The van der Waals surface area contributed by atoms with Crippen molar-refractivity contribution in [2.45, 2.75) is 57.8 Å². The Hall–Kier alpha value is -2.55. The van der Waals surface area contributed by atoms with Crippen molar-refractivity contribution in [3.63, 3.8) is 0 Å². The van der Waals surface area contributed by atoms with Crippen LogP contribution in [0.25, 0.3) is 11.5 Å². The van der Waals surface area contributed by atoms with Crippen molar-refractivity contribution in [3.05, 3.63) is 46.4 Å². The van der Waals surface area contributed by atoms with Crippen LogP contribution in [0.4, 0.5) is 0 Å². The standard InChI is InChI=1S/C25H29NO7/c1-23-8-7-17(28)24(2,12-27)16(23)11-18(29)25(3)21(23)20(30)19-15(33-25)10-14(32-22(19)31)13-6-4-5-9-26-13/h4-6,9-10,16-18,21,27-29H,7-8,11-12H2,1-3H3/t16?,17-,18-,21?,23-,24?,25+/m0/s1. The molecule has 3 heterocycles. The summed E-state index contributed by atoms with van der Waals surface area (Å²) in [5.74, 6) is -1.35. The van der Waals surface area contributed by atoms with Crippen molar-refractivity contribution >= 4 is 5.78 Å². The summed E-state index contributed by atoms with van der Waals surface area (Å²) in [6, 6.07) is 6.67. The number of ketones is 1. The molecule has 2 fully saturated rings. The number of rotatable bonds is 2. The van der Waals surface area contributed by atoms with Gasteiger partial charge in [-0.25, -0.2) is 4.79 Å². The number of Topliss-reactive ketones (excluding diaryl/α,β-unsaturated/α-hetero) is 1. The predicted octanol–water partition coefficient (Wildman–Crippen LogP) is 2.19. The first-order chi connectivity index (χ1) is 15.6. The third-order valence-electron chi connectivity index (χ3n) is 8.67. The van der Waals surface area contributed by atoms with Crippen molar-refractivity contribution in [2.75, 3.05) is 6.61 Å². The summed E-state index contributed by atoms with van der Waals surface area (Å²) in [4.78, 5) is 31.1. The first kappa shape index (κ1) is 22.3. The van der Waals surface area contributed by atoms with Crippen LogP contribution < -0.4 is 10.4 Å². The smallest absolute Gasteiger partial charge is 0.351 e. The molecule has 176 valence electrons. The Bertz CT molecular complexity index is 1160. The maximum Gasteiger partial charge on any atom is 0.351 e. The number of carbonyl (C=O) groups excluding carboxylic acids is 1. The normalized spacial score (nSPS) is 39.8. The SMILES string of the molecule is CC1(CO)C2C[C@H](O)[C@@]3(C)Oc4cc(-c5ccccn5)oc(=O)c4C(=O)C3[C@@]2(C)CC[C@@H]1O. The molecule has 7 atom stereocenters. The van der Waals surface area contributed by atoms with Gasteiger partial charge in [-0.3, -0.25) is 9.78 Å². The number of carbonyl (C=O) groups is 1. The number of ether oxygens (including phenoxy) is 1. The molecule has 0 spiro atoms. The summed E-state index contributed by atoms with van der Waals surface area (Å²) in [6.45, 7) is 5.18. The van der Waals surface area contributed by atoms with Crippen LogP contribution in [0, 0.1) is 22.7 Å². The Morgan fingerprint density at radius 1 is 1.15 bits per heavy atom. The molecule has 0 saturated heterocycles. The molecule has 1 aliphatic heterocycles. The highest BCUT2D eigenvalue weighted by Crippen LogP contribution is 2.64. The fourth-order valence-electron chi connectivity index (χ4n) is 6.82. The number of nitrogens with zero attached hydrogens (tertiary/aromatic N) is 1. The molecule has 0 amide bonds. The molecular formula is C25H29NO7. The second kappa shape index (κ2) is 7.22. The van der Waals surface area contributed by atoms with Crippen LogP contribution in [0.15, 0.2) is 39.7 Å². The van der Waals surface area contributed by atoms with E-state index in [2.05, 4.69) is 4.98 Å². The zero-order chi connectivity index (χ0) is 23.8. The lowest BCUT2D eigenvalue weighted by atomic mass is 9.43. The van der Waals surface area contributed by atoms with Gasteiger partial charge < -0.3 is 24.5 Å². The fraction of sp³-hybridized carbons (Fsp3) is 0.560. The lowest BCUT2D eigenvalue weighted by Gasteiger charge is -2.64. The second-order valence-corrected chi connectivity index (χ2v) is 10.5. The Morgan fingerprint density at radius 3 is 2.58 bits per heavy atom. The summed E-state index contributed by atoms with van der Waals surface area (Å²) < 4.78 is 11.8. The van der Waals surface area contributed by atoms with Gasteiger partial charge in [0, 0.05) is 17.7 Å². The van der Waals surface area contributed by atoms with Crippen LogP contribution in [-0.2, 0) is 0 Å². The molecular weight excluding hydrogens is 426 g/mol. The van der Waals surface area contributed by atoms with Crippen LogP contribution in [0.1, 0.15) is 50.4 Å². The number of hydrogen-bond donors (Lipinski definition) is 3. The Kier molecular flexibility index (Phi) is 4.87. The van der Waals surface area contributed by atoms with Gasteiger partial charge in [-0.05, 0) is 49.7 Å². The van der Waals surface area contributed by atoms with Crippen molar-refractivity contribution < 1.29 is 29.3 Å². The minimum atomic E-state index is -1.27. The number of fused-ring (bicyclic) bond motifs is 4. The second-order valence-electron chi connectivity index (χ2n) is 10.5. The summed E-state index contributed by atoms with van der Waals surface area (Å²) in [6.07, 6.45) is 0.937. The van der Waals surface area contributed by atoms with Crippen LogP contribution >= 0.6 is 0 Å². The first-order valence-electron chi connectivity index (χ1n) is 11.4. The van der Waals surface area contributed by atoms with Crippen LogP contribution in [0.2, 0.25) is 0 Å². The maximum atomic E-state index is 13.9. The molecule has 2 aromatic rings. The largest absolute Gasteiger partial charge is 0.483 e. The highest BCUT2D eigenvalue weighted by molar-refractivity contribution is 6.02. The van der Waals surface area contributed by atoms with Gasteiger partial charge in [0.25, 0.3) is 0 Å². The molecule has 3 aliphatic rings. The topological polar surface area (TPSA) is 130 Å². The summed E-state index contributed by atoms with van der Waals surface area (Å²) in [5.41, 5.74) is -3.40. The van der Waals surface area contributed by atoms with Gasteiger partial charge in [0.05, 0.1) is 24.7 Å². The molecule has 0 radical (unpaired) electrons. The van der Waals surface area contributed by atoms with Gasteiger partial charge in [0.2, 0.25) is 0 Å². The molecule has 2 aliphatic carbocycles. The van der Waals surface area contributed by atoms with E-state index in [0.29, 0.717) is 18.5 Å². The molecule has 3 unspecified atom stereocenters. The number of aliphatic hydroxyl groups excluding tert-OH is 3. The first-order valence-corrected chi connectivity index (χ1v) is 11.4. The zero-order valence-corrected chi connectivity index (χ0v) is 18.9. The maximum absolute atomic E-state index is 13.9. The van der Waals surface area contributed by atoms with Crippen LogP contribution in [0.3, 0.4) is 0 Å². The minimum Gasteiger partial charge on any atom is -0.483 e. The summed E-state index contributed by atoms with van der Waals surface area (Å²) in [7, 11) is 0. The lowest BCUT2D eigenvalue weighted by Crippen LogP contribution is -2.71. The van der Waals surface area contributed by atoms with Gasteiger partial charge in [-0.2, -0.15) is 0 Å². The van der Waals surface area contributed by atoms with E-state index in [1.165, 1.54) is 6.07 Å². The van der Waals surface area contributed by atoms with Crippen molar-refractivity contribution in [1.82, 2.24) is 4.98 Å². The number of aromatic nitrogens is 1. The molecule has 5 rings (SSSR count). The van der Waals surface area contributed by atoms with E-state index in [1.807, 2.05) is 6.92 Å². The van der Waals surface area contributed by atoms with Gasteiger partial charge in [0.1, 0.15) is 22.6 Å². The van der Waals surface area contributed by atoms with Gasteiger partial charge in [0.15, 0.2) is 11.5 Å². The Balaban J connectivity index is 1.66. The number of pyridine rings is 1. The average molecular weight is 456 g/mol. The summed E-state index contributed by atoms with van der Waals surface area (Å²) >= 11 is 0. The highest BCUT2D eigenvalue weighted by Gasteiger charge is 2.69. The average Bonchev–Trinajstić information content (AvgIpc) is 2.78. The van der Waals surface area contributed by atoms with Crippen molar-refractivity contribution in [2.24, 2.45) is 22.7 Å². The van der Waals surface area contributed by atoms with E-state index in [1.54, 1.807) is 38.2 Å². The van der Waals surface area contributed by atoms with Crippen LogP contribution in [0.5, 0.6) is 5.75 Å². The molecule has 2 saturated carbocycles. The van der Waals surface area contributed by atoms with E-state index >= 15 is 0 Å². The van der Waals surface area contributed by atoms with E-state index < -0.39 is 46.0 Å². The molecule has 8 nitrogen and oxygen atoms in total. The predicted molar refractivity (Wildman–Crippen MR) is 118 cm³/mol. The lowest BCUT2D eigenvalue weighted by molar-refractivity contribution is -0.226. The highest BCUT2D eigenvalue weighted by atomic mass is 16.5. The van der Waals surface area contributed by atoms with Gasteiger partial charge in [-0.1, -0.05) is 19.9 Å². The molecule has 8 heteroatoms. The van der Waals surface area contributed by atoms with E-state index in [0.717, 1.165) is 0 Å². The van der Waals surface area contributed by atoms with E-state index in [9.17, 15) is 24.9 Å². The summed E-state index contributed by atoms with van der Waals surface area (Å²) in [5, 5.41) is 32.2. The van der Waals surface area contributed by atoms with Crippen molar-refractivity contribution in [1.29, 1.82) is 0 Å². The minimum absolute atomic E-state index is 0.0810. The monoisotopic (exact) mass is 455 g/mol. The molecule has 33 heavy (non-hydrogen) atoms. The number of hydrogen-bond acceptors (Lipinski definition) is 8. The molecule has 0 aromatic carbocycles. The molecule has 0 bridgehead atoms. The van der Waals surface area contributed by atoms with E-state index in [-0.39, 0.29) is 36.0 Å². The van der Waals surface area contributed by atoms with Crippen LogP contribution in [-0.4, -0.2) is 50.5 Å². The number of aliphatic hydroxyl groups is 3. The quantitative estimate of drug-likeness (QED) is 0.628. The zero-order valence-electron chi connectivity index (χ0n) is 18.9. The Labute approximate surface area is 191 Å². The van der Waals surface area contributed by atoms with Gasteiger partial charge in [-0.15, -0.1) is 0 Å². The fourth-order valence-corrected chi connectivity index (χ4v) is 6.82. The van der Waals surface area contributed by atoms with Gasteiger partial charge >= 0.3 is 5.63 Å². The van der Waals surface area contributed by atoms with E-state index in [4.69, 9.17) is 9.15 Å². The molecule has 3 N–H and O–H groups in total. The Morgan fingerprint density at radius 2 is 1.91 bits per heavy atom. The van der Waals surface area contributed by atoms with Crippen molar-refractivity contribution in [3.8, 4) is 17.2 Å². The third kappa shape index (κ3) is 2.90. The molecule has 2 aromatic heterocycles. The third-order valence-corrected chi connectivity index (χ3v) is 8.67.